The average molecular weight is 368 g/mol. The Morgan fingerprint density at radius 2 is 2.20 bits per heavy atom. The number of carbonyl (C=O) groups excluding carboxylic acids is 1. The van der Waals surface area contributed by atoms with Crippen molar-refractivity contribution >= 4 is 23.2 Å². The first-order valence-electron chi connectivity index (χ1n) is 8.64. The second-order valence-electron chi connectivity index (χ2n) is 6.95. The van der Waals surface area contributed by atoms with Crippen LogP contribution >= 0.6 is 11.6 Å². The highest BCUT2D eigenvalue weighted by molar-refractivity contribution is 6.30. The zero-order valence-electron chi connectivity index (χ0n) is 14.8. The van der Waals surface area contributed by atoms with Crippen LogP contribution in [0.15, 0.2) is 18.2 Å². The van der Waals surface area contributed by atoms with Crippen LogP contribution in [0.3, 0.4) is 0 Å². The lowest BCUT2D eigenvalue weighted by atomic mass is 9.70. The van der Waals surface area contributed by atoms with Gasteiger partial charge in [0.15, 0.2) is 0 Å². The van der Waals surface area contributed by atoms with Gasteiger partial charge >= 0.3 is 0 Å². The highest BCUT2D eigenvalue weighted by Gasteiger charge is 2.47. The van der Waals surface area contributed by atoms with E-state index in [1.165, 1.54) is 0 Å². The van der Waals surface area contributed by atoms with Crippen LogP contribution in [0.5, 0.6) is 5.75 Å². The van der Waals surface area contributed by atoms with E-state index in [9.17, 15) is 4.79 Å². The molecule has 1 amide bonds. The third-order valence-corrected chi connectivity index (χ3v) is 5.66. The van der Waals surface area contributed by atoms with E-state index in [0.717, 1.165) is 30.9 Å². The quantitative estimate of drug-likeness (QED) is 0.801. The first kappa shape index (κ1) is 18.3. The van der Waals surface area contributed by atoms with Gasteiger partial charge in [0, 0.05) is 43.7 Å². The monoisotopic (exact) mass is 367 g/mol. The Morgan fingerprint density at radius 3 is 2.84 bits per heavy atom. The van der Waals surface area contributed by atoms with E-state index in [4.69, 9.17) is 26.8 Å². The maximum Gasteiger partial charge on any atom is 0.223 e. The van der Waals surface area contributed by atoms with Gasteiger partial charge in [0.2, 0.25) is 5.91 Å². The average Bonchev–Trinajstić information content (AvgIpc) is 3.03. The van der Waals surface area contributed by atoms with Crippen molar-refractivity contribution in [1.82, 2.24) is 5.32 Å². The third kappa shape index (κ3) is 3.71. The van der Waals surface area contributed by atoms with Gasteiger partial charge in [-0.15, -0.1) is 0 Å². The van der Waals surface area contributed by atoms with Crippen molar-refractivity contribution in [3.05, 3.63) is 23.2 Å². The van der Waals surface area contributed by atoms with Crippen LogP contribution in [0.4, 0.5) is 5.69 Å². The molecule has 1 atom stereocenters. The topological polar surface area (TPSA) is 76.8 Å². The molecule has 6 nitrogen and oxygen atoms in total. The van der Waals surface area contributed by atoms with E-state index < -0.39 is 0 Å². The van der Waals surface area contributed by atoms with Crippen molar-refractivity contribution in [2.24, 2.45) is 11.7 Å². The lowest BCUT2D eigenvalue weighted by Gasteiger charge is -2.45. The lowest BCUT2D eigenvalue weighted by molar-refractivity contribution is -0.145. The highest BCUT2D eigenvalue weighted by atomic mass is 35.5. The highest BCUT2D eigenvalue weighted by Crippen LogP contribution is 2.40. The first-order chi connectivity index (χ1) is 12.0. The summed E-state index contributed by atoms with van der Waals surface area (Å²) in [5.41, 5.74) is 6.40. The summed E-state index contributed by atoms with van der Waals surface area (Å²) in [4.78, 5) is 14.7. The van der Waals surface area contributed by atoms with E-state index in [-0.39, 0.29) is 23.5 Å². The minimum Gasteiger partial charge on any atom is -0.495 e. The summed E-state index contributed by atoms with van der Waals surface area (Å²) in [6, 6.07) is 5.72. The van der Waals surface area contributed by atoms with Gasteiger partial charge in [-0.25, -0.2) is 0 Å². The molecule has 7 heteroatoms. The van der Waals surface area contributed by atoms with Crippen LogP contribution in [-0.4, -0.2) is 51.4 Å². The summed E-state index contributed by atoms with van der Waals surface area (Å²) in [5, 5.41) is 3.84. The zero-order valence-corrected chi connectivity index (χ0v) is 15.5. The van der Waals surface area contributed by atoms with Crippen LogP contribution in [0.25, 0.3) is 0 Å². The molecule has 25 heavy (non-hydrogen) atoms. The van der Waals surface area contributed by atoms with E-state index in [2.05, 4.69) is 10.2 Å². The fraction of sp³-hybridized carbons (Fsp3) is 0.611. The largest absolute Gasteiger partial charge is 0.495 e. The molecule has 1 aromatic carbocycles. The molecule has 0 aromatic heterocycles. The Kier molecular flexibility index (Phi) is 5.41. The van der Waals surface area contributed by atoms with Gasteiger partial charge in [-0.3, -0.25) is 4.79 Å². The molecule has 3 rings (SSSR count). The SMILES string of the molecule is COc1ccc(Cl)cc1N1CCC(NC(=O)C2CC(CN)(OC)C2)C1. The van der Waals surface area contributed by atoms with Gasteiger partial charge in [0.05, 0.1) is 18.4 Å². The van der Waals surface area contributed by atoms with Crippen LogP contribution < -0.4 is 20.7 Å². The second-order valence-corrected chi connectivity index (χ2v) is 7.39. The number of nitrogens with one attached hydrogen (secondary N) is 1. The first-order valence-corrected chi connectivity index (χ1v) is 9.02. The van der Waals surface area contributed by atoms with E-state index in [0.29, 0.717) is 24.4 Å². The maximum atomic E-state index is 12.4. The Hall–Kier alpha value is -1.50. The van der Waals surface area contributed by atoms with Crippen molar-refractivity contribution in [2.45, 2.75) is 30.9 Å². The predicted octanol–water partition coefficient (Wildman–Crippen LogP) is 1.80. The normalized spacial score (nSPS) is 28.6. The fourth-order valence-electron chi connectivity index (χ4n) is 3.77. The van der Waals surface area contributed by atoms with Crippen molar-refractivity contribution in [3.63, 3.8) is 0 Å². The number of amides is 1. The second kappa shape index (κ2) is 7.40. The number of ether oxygens (including phenoxy) is 2. The Labute approximate surface area is 153 Å². The molecule has 1 aliphatic carbocycles. The number of methoxy groups -OCH3 is 2. The third-order valence-electron chi connectivity index (χ3n) is 5.43. The number of nitrogens with two attached hydrogens (primary N) is 1. The molecule has 2 fully saturated rings. The molecule has 1 aliphatic heterocycles. The van der Waals surface area contributed by atoms with Gasteiger partial charge in [-0.05, 0) is 37.5 Å². The smallest absolute Gasteiger partial charge is 0.223 e. The Balaban J connectivity index is 1.56. The predicted molar refractivity (Wildman–Crippen MR) is 98.3 cm³/mol. The molecule has 0 spiro atoms. The standard InChI is InChI=1S/C18H26ClN3O3/c1-24-16-4-3-13(19)7-15(16)22-6-5-14(10-22)21-17(23)12-8-18(9-12,11-20)25-2/h3-4,7,12,14H,5-6,8-11,20H2,1-2H3,(H,21,23). The van der Waals surface area contributed by atoms with E-state index in [1.54, 1.807) is 14.2 Å². The van der Waals surface area contributed by atoms with Crippen LogP contribution in [0.1, 0.15) is 19.3 Å². The van der Waals surface area contributed by atoms with Gasteiger partial charge in [-0.2, -0.15) is 0 Å². The van der Waals surface area contributed by atoms with Gasteiger partial charge < -0.3 is 25.4 Å². The van der Waals surface area contributed by atoms with Crippen molar-refractivity contribution < 1.29 is 14.3 Å². The van der Waals surface area contributed by atoms with Crippen LogP contribution in [-0.2, 0) is 9.53 Å². The molecular weight excluding hydrogens is 342 g/mol. The Bertz CT molecular complexity index is 628. The molecule has 0 bridgehead atoms. The zero-order chi connectivity index (χ0) is 18.0. The maximum absolute atomic E-state index is 12.4. The Morgan fingerprint density at radius 1 is 1.44 bits per heavy atom. The molecule has 1 aromatic rings. The number of benzene rings is 1. The number of carbonyl (C=O) groups is 1. The number of rotatable bonds is 6. The number of anilines is 1. The summed E-state index contributed by atoms with van der Waals surface area (Å²) in [7, 11) is 3.31. The van der Waals surface area contributed by atoms with E-state index >= 15 is 0 Å². The summed E-state index contributed by atoms with van der Waals surface area (Å²) >= 11 is 6.12. The fourth-order valence-corrected chi connectivity index (χ4v) is 3.93. The molecule has 0 radical (unpaired) electrons. The summed E-state index contributed by atoms with van der Waals surface area (Å²) in [6.45, 7) is 2.07. The van der Waals surface area contributed by atoms with E-state index in [1.807, 2.05) is 18.2 Å². The van der Waals surface area contributed by atoms with Crippen molar-refractivity contribution in [1.29, 1.82) is 0 Å². The molecule has 1 unspecified atom stereocenters. The van der Waals surface area contributed by atoms with Crippen molar-refractivity contribution in [3.8, 4) is 5.75 Å². The van der Waals surface area contributed by atoms with Crippen molar-refractivity contribution in [2.75, 3.05) is 38.8 Å². The van der Waals surface area contributed by atoms with Crippen LogP contribution in [0.2, 0.25) is 5.02 Å². The number of nitrogens with zero attached hydrogens (tertiary/aromatic N) is 1. The summed E-state index contributed by atoms with van der Waals surface area (Å²) in [6.07, 6.45) is 2.30. The molecule has 138 valence electrons. The van der Waals surface area contributed by atoms with Gasteiger partial charge in [0.1, 0.15) is 5.75 Å². The number of hydrogen-bond acceptors (Lipinski definition) is 5. The molecule has 2 aliphatic rings. The van der Waals surface area contributed by atoms with Gasteiger partial charge in [-0.1, -0.05) is 11.6 Å². The molecule has 3 N–H and O–H groups in total. The molecular formula is C18H26ClN3O3. The minimum atomic E-state index is -0.308. The molecule has 1 saturated carbocycles. The lowest BCUT2D eigenvalue weighted by Crippen LogP contribution is -2.56. The molecule has 1 heterocycles. The number of hydrogen-bond donors (Lipinski definition) is 2. The minimum absolute atomic E-state index is 0.00161. The molecule has 1 saturated heterocycles. The number of halogens is 1. The van der Waals surface area contributed by atoms with Crippen LogP contribution in [0, 0.1) is 5.92 Å². The van der Waals surface area contributed by atoms with Gasteiger partial charge in [0.25, 0.3) is 0 Å². The summed E-state index contributed by atoms with van der Waals surface area (Å²) in [5.74, 6) is 0.896. The summed E-state index contributed by atoms with van der Waals surface area (Å²) < 4.78 is 10.9.